The van der Waals surface area contributed by atoms with Gasteiger partial charge in [-0.1, -0.05) is 18.0 Å². The summed E-state index contributed by atoms with van der Waals surface area (Å²) < 4.78 is 11.3. The molecule has 1 amide bonds. The number of carbonyl (C=O) groups excluding carboxylic acids is 1. The molecule has 0 unspecified atom stereocenters. The van der Waals surface area contributed by atoms with Crippen LogP contribution in [0.5, 0.6) is 11.5 Å². The van der Waals surface area contributed by atoms with Crippen LogP contribution in [0.3, 0.4) is 0 Å². The van der Waals surface area contributed by atoms with Gasteiger partial charge in [-0.25, -0.2) is 0 Å². The molecule has 1 aromatic carbocycles. The van der Waals surface area contributed by atoms with Gasteiger partial charge in [-0.15, -0.1) is 0 Å². The second-order valence-electron chi connectivity index (χ2n) is 7.37. The minimum absolute atomic E-state index is 0.149. The van der Waals surface area contributed by atoms with Crippen molar-refractivity contribution in [1.29, 1.82) is 0 Å². The Kier molecular flexibility index (Phi) is 4.57. The standard InChI is InChI=1S/C19H24ClNO3/c20-16-8-13(9-17-19(16)24-5-1-4-23-17)11-21-18(22)10-15-7-12-2-3-14(15)6-12/h8-9,12,14-15H,1-7,10-11H2,(H,21,22)/t12-,14-,15-/m1/s1. The molecule has 1 heterocycles. The first kappa shape index (κ1) is 16.1. The monoisotopic (exact) mass is 349 g/mol. The van der Waals surface area contributed by atoms with Crippen LogP contribution in [0.15, 0.2) is 12.1 Å². The summed E-state index contributed by atoms with van der Waals surface area (Å²) in [4.78, 5) is 12.3. The predicted octanol–water partition coefficient (Wildman–Crippen LogP) is 3.94. The molecule has 5 heteroatoms. The van der Waals surface area contributed by atoms with Crippen molar-refractivity contribution in [2.45, 2.75) is 45.1 Å². The number of hydrogen-bond acceptors (Lipinski definition) is 3. The van der Waals surface area contributed by atoms with Gasteiger partial charge in [0.1, 0.15) is 0 Å². The first-order chi connectivity index (χ1) is 11.7. The lowest BCUT2D eigenvalue weighted by Crippen LogP contribution is -2.26. The lowest BCUT2D eigenvalue weighted by molar-refractivity contribution is -0.122. The third-order valence-electron chi connectivity index (χ3n) is 5.68. The van der Waals surface area contributed by atoms with Crippen LogP contribution in [0.1, 0.15) is 44.1 Å². The van der Waals surface area contributed by atoms with E-state index in [4.69, 9.17) is 21.1 Å². The van der Waals surface area contributed by atoms with Gasteiger partial charge >= 0.3 is 0 Å². The van der Waals surface area contributed by atoms with Gasteiger partial charge in [0.15, 0.2) is 11.5 Å². The molecular weight excluding hydrogens is 326 g/mol. The van der Waals surface area contributed by atoms with Gasteiger partial charge in [-0.2, -0.15) is 0 Å². The maximum Gasteiger partial charge on any atom is 0.220 e. The number of halogens is 1. The number of rotatable bonds is 4. The average Bonchev–Trinajstić information content (AvgIpc) is 3.09. The Labute approximate surface area is 147 Å². The maximum atomic E-state index is 12.3. The molecular formula is C19H24ClNO3. The summed E-state index contributed by atoms with van der Waals surface area (Å²) in [6, 6.07) is 3.78. The van der Waals surface area contributed by atoms with E-state index >= 15 is 0 Å². The molecule has 0 saturated heterocycles. The molecule has 1 N–H and O–H groups in total. The summed E-state index contributed by atoms with van der Waals surface area (Å²) in [5, 5.41) is 3.59. The molecule has 2 bridgehead atoms. The molecule has 0 aromatic heterocycles. The van der Waals surface area contributed by atoms with Crippen molar-refractivity contribution in [3.05, 3.63) is 22.7 Å². The van der Waals surface area contributed by atoms with E-state index < -0.39 is 0 Å². The third kappa shape index (κ3) is 3.34. The van der Waals surface area contributed by atoms with Crippen LogP contribution >= 0.6 is 11.6 Å². The van der Waals surface area contributed by atoms with E-state index in [1.807, 2.05) is 12.1 Å². The number of nitrogens with one attached hydrogen (secondary N) is 1. The summed E-state index contributed by atoms with van der Waals surface area (Å²) in [6.07, 6.45) is 6.79. The fourth-order valence-corrected chi connectivity index (χ4v) is 4.81. The zero-order valence-electron chi connectivity index (χ0n) is 13.9. The first-order valence-corrected chi connectivity index (χ1v) is 9.41. The fraction of sp³-hybridized carbons (Fsp3) is 0.632. The average molecular weight is 350 g/mol. The second kappa shape index (κ2) is 6.83. The highest BCUT2D eigenvalue weighted by molar-refractivity contribution is 6.32. The van der Waals surface area contributed by atoms with Gasteiger partial charge in [0.25, 0.3) is 0 Å². The van der Waals surface area contributed by atoms with Crippen LogP contribution in [0, 0.1) is 17.8 Å². The van der Waals surface area contributed by atoms with E-state index in [0.717, 1.165) is 23.8 Å². The largest absolute Gasteiger partial charge is 0.489 e. The van der Waals surface area contributed by atoms with Gasteiger partial charge in [-0.05, 0) is 54.7 Å². The topological polar surface area (TPSA) is 47.6 Å². The van der Waals surface area contributed by atoms with Crippen LogP contribution in [-0.4, -0.2) is 19.1 Å². The summed E-state index contributed by atoms with van der Waals surface area (Å²) in [5.74, 6) is 3.71. The molecule has 24 heavy (non-hydrogen) atoms. The van der Waals surface area contributed by atoms with E-state index in [0.29, 0.717) is 48.6 Å². The van der Waals surface area contributed by atoms with Crippen molar-refractivity contribution in [3.8, 4) is 11.5 Å². The molecule has 0 radical (unpaired) electrons. The van der Waals surface area contributed by atoms with Crippen molar-refractivity contribution >= 4 is 17.5 Å². The molecule has 2 aliphatic carbocycles. The number of carbonyl (C=O) groups is 1. The number of ether oxygens (including phenoxy) is 2. The number of amides is 1. The molecule has 3 atom stereocenters. The van der Waals surface area contributed by atoms with E-state index in [2.05, 4.69) is 5.32 Å². The minimum atomic E-state index is 0.149. The lowest BCUT2D eigenvalue weighted by Gasteiger charge is -2.21. The maximum absolute atomic E-state index is 12.3. The quantitative estimate of drug-likeness (QED) is 0.895. The Morgan fingerprint density at radius 3 is 2.88 bits per heavy atom. The summed E-state index contributed by atoms with van der Waals surface area (Å²) in [7, 11) is 0. The van der Waals surface area contributed by atoms with Crippen molar-refractivity contribution in [2.24, 2.45) is 17.8 Å². The zero-order valence-corrected chi connectivity index (χ0v) is 14.6. The van der Waals surface area contributed by atoms with E-state index in [1.54, 1.807) is 0 Å². The predicted molar refractivity (Wildman–Crippen MR) is 92.5 cm³/mol. The van der Waals surface area contributed by atoms with Crippen molar-refractivity contribution in [2.75, 3.05) is 13.2 Å². The molecule has 4 rings (SSSR count). The van der Waals surface area contributed by atoms with E-state index in [-0.39, 0.29) is 5.91 Å². The van der Waals surface area contributed by atoms with Crippen molar-refractivity contribution in [3.63, 3.8) is 0 Å². The molecule has 130 valence electrons. The van der Waals surface area contributed by atoms with Gasteiger partial charge in [0, 0.05) is 19.4 Å². The molecule has 1 aromatic rings. The highest BCUT2D eigenvalue weighted by Crippen LogP contribution is 2.49. The Morgan fingerprint density at radius 2 is 2.08 bits per heavy atom. The van der Waals surface area contributed by atoms with E-state index in [1.165, 1.54) is 25.7 Å². The summed E-state index contributed by atoms with van der Waals surface area (Å²) >= 11 is 6.30. The van der Waals surface area contributed by atoms with Gasteiger partial charge < -0.3 is 14.8 Å². The number of hydrogen-bond donors (Lipinski definition) is 1. The highest BCUT2D eigenvalue weighted by Gasteiger charge is 2.40. The fourth-order valence-electron chi connectivity index (χ4n) is 4.52. The van der Waals surface area contributed by atoms with Gasteiger partial charge in [0.2, 0.25) is 5.91 Å². The molecule has 4 nitrogen and oxygen atoms in total. The molecule has 0 spiro atoms. The molecule has 2 saturated carbocycles. The van der Waals surface area contributed by atoms with Crippen LogP contribution < -0.4 is 14.8 Å². The second-order valence-corrected chi connectivity index (χ2v) is 7.78. The van der Waals surface area contributed by atoms with Crippen LogP contribution in [0.4, 0.5) is 0 Å². The molecule has 1 aliphatic heterocycles. The van der Waals surface area contributed by atoms with Crippen LogP contribution in [-0.2, 0) is 11.3 Å². The Morgan fingerprint density at radius 1 is 1.21 bits per heavy atom. The van der Waals surface area contributed by atoms with Crippen molar-refractivity contribution < 1.29 is 14.3 Å². The first-order valence-electron chi connectivity index (χ1n) is 9.04. The highest BCUT2D eigenvalue weighted by atomic mass is 35.5. The Bertz CT molecular complexity index is 633. The summed E-state index contributed by atoms with van der Waals surface area (Å²) in [5.41, 5.74) is 0.950. The zero-order chi connectivity index (χ0) is 16.5. The number of benzene rings is 1. The smallest absolute Gasteiger partial charge is 0.220 e. The third-order valence-corrected chi connectivity index (χ3v) is 5.96. The molecule has 2 fully saturated rings. The molecule has 3 aliphatic rings. The van der Waals surface area contributed by atoms with Crippen LogP contribution in [0.2, 0.25) is 5.02 Å². The lowest BCUT2D eigenvalue weighted by atomic mass is 9.86. The van der Waals surface area contributed by atoms with Crippen LogP contribution in [0.25, 0.3) is 0 Å². The Balaban J connectivity index is 1.34. The number of fused-ring (bicyclic) bond motifs is 3. The SMILES string of the molecule is O=C(C[C@H]1C[C@@H]2CC[C@@H]1C2)NCc1cc(Cl)c2c(c1)OCCCO2. The minimum Gasteiger partial charge on any atom is -0.489 e. The van der Waals surface area contributed by atoms with Gasteiger partial charge in [-0.3, -0.25) is 4.79 Å². The Hall–Kier alpha value is -1.42. The van der Waals surface area contributed by atoms with E-state index in [9.17, 15) is 4.79 Å². The summed E-state index contributed by atoms with van der Waals surface area (Å²) in [6.45, 7) is 1.73. The van der Waals surface area contributed by atoms with Gasteiger partial charge in [0.05, 0.1) is 18.2 Å². The van der Waals surface area contributed by atoms with Crippen molar-refractivity contribution in [1.82, 2.24) is 5.32 Å². The normalized spacial score (nSPS) is 27.8.